The minimum atomic E-state index is -0.847. The van der Waals surface area contributed by atoms with Gasteiger partial charge in [-0.05, 0) is 37.1 Å². The molecule has 0 aromatic heterocycles. The molecule has 2 rings (SSSR count). The molecule has 96 valence electrons. The molecule has 1 aliphatic carbocycles. The minimum absolute atomic E-state index is 0.175. The van der Waals surface area contributed by atoms with Gasteiger partial charge < -0.3 is 10.6 Å². The molecule has 1 aromatic carbocycles. The maximum Gasteiger partial charge on any atom is 0.250 e. The summed E-state index contributed by atoms with van der Waals surface area (Å²) in [5.41, 5.74) is -0.354. The van der Waals surface area contributed by atoms with Crippen LogP contribution >= 0.6 is 11.6 Å². The Morgan fingerprint density at radius 2 is 1.89 bits per heavy atom. The van der Waals surface area contributed by atoms with Crippen molar-refractivity contribution in [2.24, 2.45) is 0 Å². The zero-order chi connectivity index (χ0) is 13.2. The molecule has 2 amide bonds. The number of hydrogen-bond acceptors (Lipinski definition) is 2. The highest BCUT2D eigenvalue weighted by atomic mass is 35.5. The lowest BCUT2D eigenvalue weighted by molar-refractivity contribution is -0.125. The smallest absolute Gasteiger partial charge is 0.250 e. The van der Waals surface area contributed by atoms with Crippen molar-refractivity contribution in [3.63, 3.8) is 0 Å². The number of amides is 2. The Morgan fingerprint density at radius 1 is 1.28 bits per heavy atom. The van der Waals surface area contributed by atoms with Crippen LogP contribution in [0.5, 0.6) is 0 Å². The molecule has 4 nitrogen and oxygen atoms in total. The van der Waals surface area contributed by atoms with Gasteiger partial charge in [-0.2, -0.15) is 0 Å². The second kappa shape index (κ2) is 4.94. The number of rotatable bonds is 4. The van der Waals surface area contributed by atoms with Gasteiger partial charge in [0, 0.05) is 5.69 Å². The number of carbonyl (C=O) groups excluding carboxylic acids is 2. The Labute approximate surface area is 109 Å². The summed E-state index contributed by atoms with van der Waals surface area (Å²) in [6, 6.07) is 5.44. The predicted molar refractivity (Wildman–Crippen MR) is 65.9 cm³/mol. The lowest BCUT2D eigenvalue weighted by Crippen LogP contribution is -2.46. The van der Waals surface area contributed by atoms with Gasteiger partial charge >= 0.3 is 0 Å². The molecule has 0 spiro atoms. The number of benzene rings is 1. The molecule has 6 heteroatoms. The third-order valence-electron chi connectivity index (χ3n) is 2.79. The van der Waals surface area contributed by atoms with Crippen molar-refractivity contribution in [3.8, 4) is 0 Å². The van der Waals surface area contributed by atoms with Crippen LogP contribution in [0.3, 0.4) is 0 Å². The van der Waals surface area contributed by atoms with E-state index in [4.69, 9.17) is 11.6 Å². The first-order valence-electron chi connectivity index (χ1n) is 5.50. The fraction of sp³-hybridized carbons (Fsp3) is 0.333. The summed E-state index contributed by atoms with van der Waals surface area (Å²) in [4.78, 5) is 23.2. The minimum Gasteiger partial charge on any atom is -0.341 e. The molecule has 1 saturated carbocycles. The Bertz CT molecular complexity index is 471. The molecule has 2 N–H and O–H groups in total. The first-order chi connectivity index (χ1) is 8.55. The van der Waals surface area contributed by atoms with E-state index in [1.807, 2.05) is 0 Å². The topological polar surface area (TPSA) is 58.2 Å². The highest BCUT2D eigenvalue weighted by Gasteiger charge is 2.51. The van der Waals surface area contributed by atoms with Crippen LogP contribution in [0.1, 0.15) is 12.8 Å². The SMILES string of the molecule is O=C(CCl)NC1(C(=O)Nc2ccc(F)cc2)CC1. The van der Waals surface area contributed by atoms with Crippen LogP contribution in [0.25, 0.3) is 0 Å². The summed E-state index contributed by atoms with van der Waals surface area (Å²) >= 11 is 5.38. The number of carbonyl (C=O) groups is 2. The molecule has 1 aromatic rings. The third kappa shape index (κ3) is 2.79. The van der Waals surface area contributed by atoms with Crippen LogP contribution in [0.15, 0.2) is 24.3 Å². The first kappa shape index (κ1) is 12.8. The van der Waals surface area contributed by atoms with Crippen molar-refractivity contribution in [1.82, 2.24) is 5.32 Å². The van der Waals surface area contributed by atoms with Crippen molar-refractivity contribution in [1.29, 1.82) is 0 Å². The Kier molecular flexibility index (Phi) is 3.52. The summed E-state index contributed by atoms with van der Waals surface area (Å²) in [5, 5.41) is 5.23. The summed E-state index contributed by atoms with van der Waals surface area (Å²) in [5.74, 6) is -1.22. The van der Waals surface area contributed by atoms with E-state index in [-0.39, 0.29) is 23.5 Å². The van der Waals surface area contributed by atoms with E-state index in [2.05, 4.69) is 10.6 Å². The average molecular weight is 271 g/mol. The van der Waals surface area contributed by atoms with E-state index in [0.29, 0.717) is 18.5 Å². The Hall–Kier alpha value is -1.62. The van der Waals surface area contributed by atoms with Gasteiger partial charge in [0.2, 0.25) is 11.8 Å². The number of alkyl halides is 1. The van der Waals surface area contributed by atoms with E-state index >= 15 is 0 Å². The molecular formula is C12H12ClFN2O2. The zero-order valence-corrected chi connectivity index (χ0v) is 10.3. The van der Waals surface area contributed by atoms with Crippen LogP contribution in [0.2, 0.25) is 0 Å². The predicted octanol–water partition coefficient (Wildman–Crippen LogP) is 1.65. The van der Waals surface area contributed by atoms with Gasteiger partial charge in [-0.1, -0.05) is 0 Å². The van der Waals surface area contributed by atoms with Crippen molar-refractivity contribution < 1.29 is 14.0 Å². The number of halogens is 2. The van der Waals surface area contributed by atoms with Crippen molar-refractivity contribution >= 4 is 29.1 Å². The molecule has 0 aliphatic heterocycles. The van der Waals surface area contributed by atoms with Gasteiger partial charge in [-0.15, -0.1) is 11.6 Å². The zero-order valence-electron chi connectivity index (χ0n) is 9.50. The maximum absolute atomic E-state index is 12.7. The molecule has 1 aliphatic rings. The Morgan fingerprint density at radius 3 is 2.39 bits per heavy atom. The fourth-order valence-corrected chi connectivity index (χ4v) is 1.68. The highest BCUT2D eigenvalue weighted by Crippen LogP contribution is 2.36. The average Bonchev–Trinajstić information content (AvgIpc) is 3.13. The largest absolute Gasteiger partial charge is 0.341 e. The van der Waals surface area contributed by atoms with E-state index in [1.165, 1.54) is 24.3 Å². The third-order valence-corrected chi connectivity index (χ3v) is 3.03. The van der Waals surface area contributed by atoms with Gasteiger partial charge in [0.15, 0.2) is 0 Å². The summed E-state index contributed by atoms with van der Waals surface area (Å²) in [7, 11) is 0. The standard InChI is InChI=1S/C12H12ClFN2O2/c13-7-10(17)16-12(5-6-12)11(18)15-9-3-1-8(14)2-4-9/h1-4H,5-7H2,(H,15,18)(H,16,17). The molecule has 0 bridgehead atoms. The first-order valence-corrected chi connectivity index (χ1v) is 6.03. The van der Waals surface area contributed by atoms with Gasteiger partial charge in [0.1, 0.15) is 17.2 Å². The number of anilines is 1. The maximum atomic E-state index is 12.7. The second-order valence-electron chi connectivity index (χ2n) is 4.22. The van der Waals surface area contributed by atoms with E-state index < -0.39 is 5.54 Å². The number of nitrogens with one attached hydrogen (secondary N) is 2. The van der Waals surface area contributed by atoms with Gasteiger partial charge in [-0.25, -0.2) is 4.39 Å². The molecule has 0 atom stereocenters. The van der Waals surface area contributed by atoms with E-state index in [9.17, 15) is 14.0 Å². The summed E-state index contributed by atoms with van der Waals surface area (Å²) < 4.78 is 12.7. The Balaban J connectivity index is 1.99. The van der Waals surface area contributed by atoms with Crippen LogP contribution in [0, 0.1) is 5.82 Å². The highest BCUT2D eigenvalue weighted by molar-refractivity contribution is 6.27. The number of hydrogen-bond donors (Lipinski definition) is 2. The quantitative estimate of drug-likeness (QED) is 0.818. The molecule has 0 radical (unpaired) electrons. The summed E-state index contributed by atoms with van der Waals surface area (Å²) in [6.45, 7) is 0. The van der Waals surface area contributed by atoms with Gasteiger partial charge in [0.25, 0.3) is 0 Å². The van der Waals surface area contributed by atoms with Crippen molar-refractivity contribution in [2.45, 2.75) is 18.4 Å². The molecular weight excluding hydrogens is 259 g/mol. The normalized spacial score (nSPS) is 15.9. The van der Waals surface area contributed by atoms with Gasteiger partial charge in [-0.3, -0.25) is 9.59 Å². The van der Waals surface area contributed by atoms with E-state index in [0.717, 1.165) is 0 Å². The molecule has 1 fully saturated rings. The van der Waals surface area contributed by atoms with E-state index in [1.54, 1.807) is 0 Å². The summed E-state index contributed by atoms with van der Waals surface area (Å²) in [6.07, 6.45) is 1.17. The molecule has 18 heavy (non-hydrogen) atoms. The lowest BCUT2D eigenvalue weighted by Gasteiger charge is -2.16. The second-order valence-corrected chi connectivity index (χ2v) is 4.49. The van der Waals surface area contributed by atoms with Crippen LogP contribution < -0.4 is 10.6 Å². The lowest BCUT2D eigenvalue weighted by atomic mass is 10.2. The monoisotopic (exact) mass is 270 g/mol. The van der Waals surface area contributed by atoms with Crippen LogP contribution in [0.4, 0.5) is 10.1 Å². The molecule has 0 unspecified atom stereocenters. The van der Waals surface area contributed by atoms with Gasteiger partial charge in [0.05, 0.1) is 0 Å². The fourth-order valence-electron chi connectivity index (χ4n) is 1.62. The van der Waals surface area contributed by atoms with Crippen LogP contribution in [-0.4, -0.2) is 23.2 Å². The van der Waals surface area contributed by atoms with Crippen LogP contribution in [-0.2, 0) is 9.59 Å². The van der Waals surface area contributed by atoms with Crippen molar-refractivity contribution in [3.05, 3.63) is 30.1 Å². The van der Waals surface area contributed by atoms with Crippen molar-refractivity contribution in [2.75, 3.05) is 11.2 Å². The molecule has 0 heterocycles. The molecule has 0 saturated heterocycles.